The molecule has 3 aromatic heterocycles. The second kappa shape index (κ2) is 11.9. The maximum Gasteiger partial charge on any atom is 0.109 e. The monoisotopic (exact) mass is 692 g/mol. The van der Waals surface area contributed by atoms with E-state index in [0.717, 1.165) is 5.69 Å². The lowest BCUT2D eigenvalue weighted by atomic mass is 10.0. The van der Waals surface area contributed by atoms with E-state index >= 15 is 0 Å². The fraction of sp³-hybridized carbons (Fsp3) is 0. The average Bonchev–Trinajstić information content (AvgIpc) is 3.88. The number of para-hydroxylation sites is 1. The molecule has 0 aliphatic carbocycles. The van der Waals surface area contributed by atoms with Crippen LogP contribution in [0.15, 0.2) is 194 Å². The van der Waals surface area contributed by atoms with Crippen molar-refractivity contribution >= 4 is 64.3 Å². The van der Waals surface area contributed by atoms with Crippen LogP contribution in [0.1, 0.15) is 0 Å². The van der Waals surface area contributed by atoms with Crippen LogP contribution in [0.4, 0.5) is 0 Å². The molecular weight excluding hydrogens is 661 g/mol. The molecule has 0 unspecified atom stereocenters. The Morgan fingerprint density at radius 1 is 0.302 bits per heavy atom. The molecule has 11 aromatic rings. The minimum absolute atomic E-state index is 1.15. The van der Waals surface area contributed by atoms with Crippen molar-refractivity contribution in [3.63, 3.8) is 0 Å². The summed E-state index contributed by atoms with van der Waals surface area (Å²) in [6.07, 6.45) is 0. The van der Waals surface area contributed by atoms with Crippen LogP contribution in [0, 0.1) is 0 Å². The van der Waals surface area contributed by atoms with Crippen molar-refractivity contribution in [3.05, 3.63) is 194 Å². The maximum absolute atomic E-state index is 2.43. The Hall–Kier alpha value is -6.68. The summed E-state index contributed by atoms with van der Waals surface area (Å²) in [5, 5.41) is 6.44. The predicted octanol–water partition coefficient (Wildman–Crippen LogP) is 14.1. The van der Waals surface area contributed by atoms with Gasteiger partial charge in [-0.05, 0) is 100 Å². The second-order valence-electron chi connectivity index (χ2n) is 13.8. The van der Waals surface area contributed by atoms with Crippen LogP contribution in [-0.2, 0) is 0 Å². The van der Waals surface area contributed by atoms with Crippen molar-refractivity contribution in [3.8, 4) is 44.8 Å². The van der Waals surface area contributed by atoms with E-state index in [2.05, 4.69) is 203 Å². The van der Waals surface area contributed by atoms with Crippen LogP contribution >= 0.6 is 11.3 Å². The molecule has 11 rings (SSSR count). The van der Waals surface area contributed by atoms with E-state index in [1.807, 2.05) is 11.3 Å². The summed E-state index contributed by atoms with van der Waals surface area (Å²) in [6.45, 7) is 0. The normalized spacial score (nSPS) is 11.8. The number of aromatic nitrogens is 2. The number of rotatable bonds is 5. The van der Waals surface area contributed by atoms with Crippen molar-refractivity contribution in [2.45, 2.75) is 0 Å². The highest BCUT2D eigenvalue weighted by atomic mass is 32.1. The highest BCUT2D eigenvalue weighted by Gasteiger charge is 2.19. The number of fused-ring (bicyclic) bond motifs is 8. The highest BCUT2D eigenvalue weighted by molar-refractivity contribution is 7.25. The molecule has 248 valence electrons. The van der Waals surface area contributed by atoms with Gasteiger partial charge in [-0.2, -0.15) is 0 Å². The van der Waals surface area contributed by atoms with Gasteiger partial charge in [-0.25, -0.2) is 0 Å². The molecule has 3 heterocycles. The predicted molar refractivity (Wildman–Crippen MR) is 227 cm³/mol. The first-order chi connectivity index (χ1) is 26.3. The van der Waals surface area contributed by atoms with Crippen LogP contribution in [0.2, 0.25) is 0 Å². The minimum atomic E-state index is 1.15. The van der Waals surface area contributed by atoms with Gasteiger partial charge in [-0.1, -0.05) is 127 Å². The Labute approximate surface area is 311 Å². The standard InChI is InChI=1S/C50H32N2S/c1-4-12-33(13-5-1)36-22-27-45-42(30-36)43-31-37(34-14-6-2-7-15-34)23-28-46(43)51(45)40-25-20-35(21-26-40)38-24-29-47-44(32-38)49-41-18-10-11-19-48(41)53-50(49)52(47)39-16-8-3-9-17-39/h1-32H. The van der Waals surface area contributed by atoms with E-state index in [1.54, 1.807) is 0 Å². The van der Waals surface area contributed by atoms with Crippen LogP contribution in [0.5, 0.6) is 0 Å². The Morgan fingerprint density at radius 3 is 1.32 bits per heavy atom. The van der Waals surface area contributed by atoms with Crippen LogP contribution in [-0.4, -0.2) is 9.13 Å². The van der Waals surface area contributed by atoms with Gasteiger partial charge in [0.15, 0.2) is 0 Å². The first-order valence-electron chi connectivity index (χ1n) is 18.1. The van der Waals surface area contributed by atoms with E-state index in [9.17, 15) is 0 Å². The summed E-state index contributed by atoms with van der Waals surface area (Å²) >= 11 is 1.87. The minimum Gasteiger partial charge on any atom is -0.309 e. The topological polar surface area (TPSA) is 9.86 Å². The molecule has 0 amide bonds. The fourth-order valence-electron chi connectivity index (χ4n) is 8.23. The first-order valence-corrected chi connectivity index (χ1v) is 18.9. The van der Waals surface area contributed by atoms with Gasteiger partial charge < -0.3 is 9.13 Å². The maximum atomic E-state index is 2.43. The molecule has 2 nitrogen and oxygen atoms in total. The Kier molecular flexibility index (Phi) is 6.76. The summed E-state index contributed by atoms with van der Waals surface area (Å²) in [5.41, 5.74) is 13.3. The summed E-state index contributed by atoms with van der Waals surface area (Å²) in [4.78, 5) is 1.29. The quantitative estimate of drug-likeness (QED) is 0.170. The highest BCUT2D eigenvalue weighted by Crippen LogP contribution is 2.44. The van der Waals surface area contributed by atoms with Gasteiger partial charge in [0.2, 0.25) is 0 Å². The van der Waals surface area contributed by atoms with Crippen molar-refractivity contribution in [1.82, 2.24) is 9.13 Å². The summed E-state index contributed by atoms with van der Waals surface area (Å²) in [7, 11) is 0. The van der Waals surface area contributed by atoms with Crippen LogP contribution < -0.4 is 0 Å². The molecule has 0 N–H and O–H groups in total. The fourth-order valence-corrected chi connectivity index (χ4v) is 9.48. The largest absolute Gasteiger partial charge is 0.309 e. The van der Waals surface area contributed by atoms with E-state index in [0.29, 0.717) is 0 Å². The zero-order valence-corrected chi connectivity index (χ0v) is 29.6. The van der Waals surface area contributed by atoms with E-state index in [-0.39, 0.29) is 0 Å². The Morgan fingerprint density at radius 2 is 0.736 bits per heavy atom. The number of benzene rings is 8. The second-order valence-corrected chi connectivity index (χ2v) is 14.8. The smallest absolute Gasteiger partial charge is 0.109 e. The molecule has 0 atom stereocenters. The third-order valence-corrected chi connectivity index (χ3v) is 11.9. The van der Waals surface area contributed by atoms with E-state index in [1.165, 1.54) is 92.1 Å². The Bertz CT molecular complexity index is 3030. The third-order valence-electron chi connectivity index (χ3n) is 10.7. The van der Waals surface area contributed by atoms with Crippen molar-refractivity contribution in [2.75, 3.05) is 0 Å². The van der Waals surface area contributed by atoms with Gasteiger partial charge in [-0.15, -0.1) is 11.3 Å². The molecule has 53 heavy (non-hydrogen) atoms. The van der Waals surface area contributed by atoms with Gasteiger partial charge in [0, 0.05) is 43.0 Å². The zero-order chi connectivity index (χ0) is 34.9. The lowest BCUT2D eigenvalue weighted by Gasteiger charge is -2.11. The Balaban J connectivity index is 1.06. The number of thiophene rings is 1. The molecule has 0 aliphatic rings. The average molecular weight is 693 g/mol. The molecule has 0 spiro atoms. The van der Waals surface area contributed by atoms with Gasteiger partial charge in [-0.3, -0.25) is 0 Å². The summed E-state index contributed by atoms with van der Waals surface area (Å²) in [6, 6.07) is 70.8. The van der Waals surface area contributed by atoms with Crippen molar-refractivity contribution < 1.29 is 0 Å². The van der Waals surface area contributed by atoms with Gasteiger partial charge in [0.25, 0.3) is 0 Å². The number of hydrogen-bond donors (Lipinski definition) is 0. The molecule has 0 saturated heterocycles. The SMILES string of the molecule is c1ccc(-c2ccc3c(c2)c2cc(-c4ccccc4)ccc2n3-c2ccc(-c3ccc4c(c3)c3c5ccccc5sc3n4-c3ccccc3)cc2)cc1. The summed E-state index contributed by atoms with van der Waals surface area (Å²) < 4.78 is 6.16. The first kappa shape index (κ1) is 30.0. The molecular formula is C50H32N2S. The van der Waals surface area contributed by atoms with Crippen LogP contribution in [0.25, 0.3) is 97.8 Å². The van der Waals surface area contributed by atoms with Crippen molar-refractivity contribution in [2.24, 2.45) is 0 Å². The molecule has 0 fully saturated rings. The lowest BCUT2D eigenvalue weighted by molar-refractivity contribution is 1.18. The van der Waals surface area contributed by atoms with Crippen molar-refractivity contribution in [1.29, 1.82) is 0 Å². The van der Waals surface area contributed by atoms with Gasteiger partial charge >= 0.3 is 0 Å². The molecule has 3 heteroatoms. The van der Waals surface area contributed by atoms with Gasteiger partial charge in [0.1, 0.15) is 4.83 Å². The van der Waals surface area contributed by atoms with Crippen LogP contribution in [0.3, 0.4) is 0 Å². The zero-order valence-electron chi connectivity index (χ0n) is 28.8. The molecule has 0 aliphatic heterocycles. The van der Waals surface area contributed by atoms with E-state index < -0.39 is 0 Å². The number of hydrogen-bond acceptors (Lipinski definition) is 1. The lowest BCUT2D eigenvalue weighted by Crippen LogP contribution is -1.94. The van der Waals surface area contributed by atoms with Gasteiger partial charge in [0.05, 0.1) is 16.6 Å². The molecule has 0 radical (unpaired) electrons. The number of nitrogens with zero attached hydrogens (tertiary/aromatic N) is 2. The summed E-state index contributed by atoms with van der Waals surface area (Å²) in [5.74, 6) is 0. The molecule has 8 aromatic carbocycles. The molecule has 0 bridgehead atoms. The third kappa shape index (κ3) is 4.78. The molecule has 0 saturated carbocycles. The van der Waals surface area contributed by atoms with E-state index in [4.69, 9.17) is 0 Å².